The highest BCUT2D eigenvalue weighted by atomic mass is 32.2. The second kappa shape index (κ2) is 8.60. The lowest BCUT2D eigenvalue weighted by molar-refractivity contribution is 0.0410. The van der Waals surface area contributed by atoms with Crippen molar-refractivity contribution in [1.29, 1.82) is 0 Å². The third-order valence-electron chi connectivity index (χ3n) is 5.73. The van der Waals surface area contributed by atoms with Gasteiger partial charge in [0.05, 0.1) is 24.3 Å². The van der Waals surface area contributed by atoms with Crippen molar-refractivity contribution in [3.8, 4) is 5.69 Å². The Balaban J connectivity index is 1.77. The standard InChI is InChI=1S/C22H27N3O2S2/c1-14-6-5-7-18(15(14)2)25-21(26)19-16(3)17(4)29-20(19)23-22(25)28-13-10-24-8-11-27-12-9-24/h5-7H,8-13H2,1-4H3. The zero-order valence-electron chi connectivity index (χ0n) is 17.4. The molecule has 0 aliphatic carbocycles. The van der Waals surface area contributed by atoms with Gasteiger partial charge in [0.1, 0.15) is 4.83 Å². The second-order valence-electron chi connectivity index (χ2n) is 7.52. The van der Waals surface area contributed by atoms with Gasteiger partial charge in [0.15, 0.2) is 5.16 Å². The second-order valence-corrected chi connectivity index (χ2v) is 9.79. The van der Waals surface area contributed by atoms with Gasteiger partial charge in [-0.05, 0) is 50.5 Å². The van der Waals surface area contributed by atoms with E-state index < -0.39 is 0 Å². The first-order valence-corrected chi connectivity index (χ1v) is 11.8. The van der Waals surface area contributed by atoms with Crippen molar-refractivity contribution in [1.82, 2.24) is 14.5 Å². The number of benzene rings is 1. The minimum absolute atomic E-state index is 0.0411. The lowest BCUT2D eigenvalue weighted by Crippen LogP contribution is -2.37. The third-order valence-corrected chi connectivity index (χ3v) is 7.75. The van der Waals surface area contributed by atoms with Gasteiger partial charge in [-0.1, -0.05) is 23.9 Å². The fourth-order valence-corrected chi connectivity index (χ4v) is 5.73. The number of nitrogens with zero attached hydrogens (tertiary/aromatic N) is 3. The Morgan fingerprint density at radius 2 is 1.90 bits per heavy atom. The molecule has 4 rings (SSSR count). The number of thioether (sulfide) groups is 1. The van der Waals surface area contributed by atoms with Gasteiger partial charge >= 0.3 is 0 Å². The summed E-state index contributed by atoms with van der Waals surface area (Å²) >= 11 is 3.29. The van der Waals surface area contributed by atoms with Crippen LogP contribution in [0.25, 0.3) is 15.9 Å². The maximum atomic E-state index is 13.6. The smallest absolute Gasteiger partial charge is 0.267 e. The number of hydrogen-bond acceptors (Lipinski definition) is 6. The molecule has 1 fully saturated rings. The van der Waals surface area contributed by atoms with Crippen molar-refractivity contribution in [3.05, 3.63) is 50.1 Å². The van der Waals surface area contributed by atoms with Crippen LogP contribution >= 0.6 is 23.1 Å². The zero-order chi connectivity index (χ0) is 20.5. The summed E-state index contributed by atoms with van der Waals surface area (Å²) in [7, 11) is 0. The van der Waals surface area contributed by atoms with Gasteiger partial charge in [0, 0.05) is 30.3 Å². The van der Waals surface area contributed by atoms with Crippen LogP contribution in [0.3, 0.4) is 0 Å². The van der Waals surface area contributed by atoms with E-state index in [1.54, 1.807) is 23.1 Å². The van der Waals surface area contributed by atoms with E-state index in [9.17, 15) is 4.79 Å². The normalized spacial score (nSPS) is 15.3. The fraction of sp³-hybridized carbons (Fsp3) is 0.455. The van der Waals surface area contributed by atoms with Crippen LogP contribution in [0.5, 0.6) is 0 Å². The number of aromatic nitrogens is 2. The molecule has 1 aliphatic rings. The maximum absolute atomic E-state index is 13.6. The number of ether oxygens (including phenoxy) is 1. The number of rotatable bonds is 5. The van der Waals surface area contributed by atoms with E-state index in [1.165, 1.54) is 5.56 Å². The summed E-state index contributed by atoms with van der Waals surface area (Å²) in [4.78, 5) is 23.0. The molecule has 0 radical (unpaired) electrons. The molecule has 5 nitrogen and oxygen atoms in total. The first kappa shape index (κ1) is 20.6. The molecule has 1 aromatic carbocycles. The average molecular weight is 430 g/mol. The van der Waals surface area contributed by atoms with Crippen LogP contribution in [0.1, 0.15) is 21.6 Å². The van der Waals surface area contributed by atoms with Gasteiger partial charge < -0.3 is 4.74 Å². The molecule has 0 atom stereocenters. The van der Waals surface area contributed by atoms with Gasteiger partial charge in [-0.25, -0.2) is 4.98 Å². The summed E-state index contributed by atoms with van der Waals surface area (Å²) in [6.45, 7) is 12.8. The molecule has 0 amide bonds. The number of hydrogen-bond donors (Lipinski definition) is 0. The molecule has 0 unspecified atom stereocenters. The Bertz CT molecular complexity index is 1100. The highest BCUT2D eigenvalue weighted by molar-refractivity contribution is 7.99. The van der Waals surface area contributed by atoms with E-state index in [-0.39, 0.29) is 5.56 Å². The van der Waals surface area contributed by atoms with E-state index in [1.807, 2.05) is 23.6 Å². The Morgan fingerprint density at radius 1 is 1.14 bits per heavy atom. The van der Waals surface area contributed by atoms with E-state index in [0.29, 0.717) is 0 Å². The van der Waals surface area contributed by atoms with Crippen LogP contribution in [0.15, 0.2) is 28.2 Å². The summed E-state index contributed by atoms with van der Waals surface area (Å²) in [5.74, 6) is 0.895. The quantitative estimate of drug-likeness (QED) is 0.451. The number of morpholine rings is 1. The molecule has 1 aliphatic heterocycles. The van der Waals surface area contributed by atoms with Crippen LogP contribution < -0.4 is 5.56 Å². The Morgan fingerprint density at radius 3 is 2.66 bits per heavy atom. The van der Waals surface area contributed by atoms with Crippen molar-refractivity contribution in [2.24, 2.45) is 0 Å². The molecular weight excluding hydrogens is 402 g/mol. The summed E-state index contributed by atoms with van der Waals surface area (Å²) in [6, 6.07) is 6.13. The number of aryl methyl sites for hydroxylation is 3. The molecule has 154 valence electrons. The molecule has 1 saturated heterocycles. The zero-order valence-corrected chi connectivity index (χ0v) is 19.1. The largest absolute Gasteiger partial charge is 0.379 e. The van der Waals surface area contributed by atoms with E-state index >= 15 is 0 Å². The number of thiophene rings is 1. The maximum Gasteiger partial charge on any atom is 0.267 e. The van der Waals surface area contributed by atoms with Crippen LogP contribution in [0.4, 0.5) is 0 Å². The van der Waals surface area contributed by atoms with Gasteiger partial charge in [-0.3, -0.25) is 14.3 Å². The minimum Gasteiger partial charge on any atom is -0.379 e. The van der Waals surface area contributed by atoms with E-state index in [0.717, 1.165) is 75.7 Å². The molecule has 0 N–H and O–H groups in total. The molecule has 0 bridgehead atoms. The Labute approximate surface area is 179 Å². The average Bonchev–Trinajstić information content (AvgIpc) is 2.99. The molecule has 0 saturated carbocycles. The van der Waals surface area contributed by atoms with Gasteiger partial charge in [-0.15, -0.1) is 11.3 Å². The van der Waals surface area contributed by atoms with Crippen LogP contribution in [-0.4, -0.2) is 53.1 Å². The summed E-state index contributed by atoms with van der Waals surface area (Å²) in [5, 5.41) is 1.54. The molecule has 2 aromatic heterocycles. The molecule has 29 heavy (non-hydrogen) atoms. The molecule has 7 heteroatoms. The molecular formula is C22H27N3O2S2. The SMILES string of the molecule is Cc1cccc(-n2c(SCCN3CCOCC3)nc3sc(C)c(C)c3c2=O)c1C. The van der Waals surface area contributed by atoms with Crippen molar-refractivity contribution in [3.63, 3.8) is 0 Å². The lowest BCUT2D eigenvalue weighted by Gasteiger charge is -2.26. The monoisotopic (exact) mass is 429 g/mol. The Hall–Kier alpha value is -1.67. The predicted octanol–water partition coefficient (Wildman–Crippen LogP) is 4.11. The van der Waals surface area contributed by atoms with E-state index in [2.05, 4.69) is 31.7 Å². The topological polar surface area (TPSA) is 47.4 Å². The van der Waals surface area contributed by atoms with Gasteiger partial charge in [-0.2, -0.15) is 0 Å². The first-order chi connectivity index (χ1) is 14.0. The highest BCUT2D eigenvalue weighted by Gasteiger charge is 2.20. The summed E-state index contributed by atoms with van der Waals surface area (Å²) in [6.07, 6.45) is 0. The molecule has 3 aromatic rings. The lowest BCUT2D eigenvalue weighted by atomic mass is 10.1. The molecule has 0 spiro atoms. The fourth-order valence-electron chi connectivity index (χ4n) is 3.65. The highest BCUT2D eigenvalue weighted by Crippen LogP contribution is 2.30. The van der Waals surface area contributed by atoms with Crippen molar-refractivity contribution >= 4 is 33.3 Å². The summed E-state index contributed by atoms with van der Waals surface area (Å²) < 4.78 is 7.27. The Kier molecular flexibility index (Phi) is 6.11. The number of fused-ring (bicyclic) bond motifs is 1. The third kappa shape index (κ3) is 4.01. The van der Waals surface area contributed by atoms with Crippen LogP contribution in [0, 0.1) is 27.7 Å². The minimum atomic E-state index is 0.0411. The van der Waals surface area contributed by atoms with Crippen molar-refractivity contribution < 1.29 is 4.74 Å². The summed E-state index contributed by atoms with van der Waals surface area (Å²) in [5.41, 5.74) is 4.32. The van der Waals surface area contributed by atoms with Crippen LogP contribution in [0.2, 0.25) is 0 Å². The van der Waals surface area contributed by atoms with Crippen molar-refractivity contribution in [2.75, 3.05) is 38.6 Å². The van der Waals surface area contributed by atoms with Gasteiger partial charge in [0.25, 0.3) is 5.56 Å². The first-order valence-electron chi connectivity index (χ1n) is 9.99. The predicted molar refractivity (Wildman–Crippen MR) is 122 cm³/mol. The van der Waals surface area contributed by atoms with E-state index in [4.69, 9.17) is 9.72 Å². The molecule has 3 heterocycles. The van der Waals surface area contributed by atoms with Crippen molar-refractivity contribution in [2.45, 2.75) is 32.9 Å². The van der Waals surface area contributed by atoms with Crippen LogP contribution in [-0.2, 0) is 4.74 Å². The van der Waals surface area contributed by atoms with Gasteiger partial charge in [0.2, 0.25) is 0 Å².